The summed E-state index contributed by atoms with van der Waals surface area (Å²) in [7, 11) is 0. The topological polar surface area (TPSA) is 55.1 Å². The van der Waals surface area contributed by atoms with E-state index in [-0.39, 0.29) is 5.56 Å². The molecule has 0 bridgehead atoms. The van der Waals surface area contributed by atoms with E-state index in [0.717, 1.165) is 22.6 Å². The molecule has 0 unspecified atom stereocenters. The molecule has 94 valence electrons. The lowest BCUT2D eigenvalue weighted by Crippen LogP contribution is -2.03. The molecule has 2 aromatic rings. The first-order valence-corrected chi connectivity index (χ1v) is 6.27. The highest BCUT2D eigenvalue weighted by Crippen LogP contribution is 2.25. The molecule has 5 heteroatoms. The van der Waals surface area contributed by atoms with Crippen molar-refractivity contribution in [2.75, 3.05) is 0 Å². The molecule has 0 amide bonds. The van der Waals surface area contributed by atoms with Crippen molar-refractivity contribution in [2.45, 2.75) is 20.8 Å². The quantitative estimate of drug-likeness (QED) is 0.926. The van der Waals surface area contributed by atoms with Crippen LogP contribution in [-0.2, 0) is 0 Å². The molecule has 1 N–H and O–H groups in total. The second kappa shape index (κ2) is 4.57. The Labute approximate surface area is 113 Å². The SMILES string of the molecule is Cc1nn(-c2ccc(C(=O)O)cc2Br)c(C)c1C. The van der Waals surface area contributed by atoms with Gasteiger partial charge < -0.3 is 5.11 Å². The number of aryl methyl sites for hydroxylation is 1. The number of aromatic carboxylic acids is 1. The molecular weight excluding hydrogens is 296 g/mol. The minimum atomic E-state index is -0.938. The van der Waals surface area contributed by atoms with Crippen LogP contribution in [0, 0.1) is 20.8 Å². The van der Waals surface area contributed by atoms with Crippen molar-refractivity contribution in [3.8, 4) is 5.69 Å². The number of carboxylic acid groups (broad SMARTS) is 1. The van der Waals surface area contributed by atoms with E-state index < -0.39 is 5.97 Å². The van der Waals surface area contributed by atoms with Crippen molar-refractivity contribution in [1.82, 2.24) is 9.78 Å². The van der Waals surface area contributed by atoms with Gasteiger partial charge in [0.15, 0.2) is 0 Å². The second-order valence-corrected chi connectivity index (χ2v) is 5.03. The smallest absolute Gasteiger partial charge is 0.335 e. The molecule has 2 rings (SSSR count). The van der Waals surface area contributed by atoms with Crippen LogP contribution in [0.15, 0.2) is 22.7 Å². The first kappa shape index (κ1) is 12.8. The van der Waals surface area contributed by atoms with Crippen LogP contribution in [0.1, 0.15) is 27.3 Å². The first-order valence-electron chi connectivity index (χ1n) is 5.48. The van der Waals surface area contributed by atoms with Gasteiger partial charge in [0.25, 0.3) is 0 Å². The monoisotopic (exact) mass is 308 g/mol. The summed E-state index contributed by atoms with van der Waals surface area (Å²) in [6.07, 6.45) is 0. The second-order valence-electron chi connectivity index (χ2n) is 4.18. The summed E-state index contributed by atoms with van der Waals surface area (Å²) in [5, 5.41) is 13.4. The number of carboxylic acids is 1. The first-order chi connectivity index (χ1) is 8.41. The van der Waals surface area contributed by atoms with Gasteiger partial charge in [0.2, 0.25) is 0 Å². The number of hydrogen-bond donors (Lipinski definition) is 1. The van der Waals surface area contributed by atoms with Gasteiger partial charge in [-0.25, -0.2) is 9.48 Å². The molecule has 0 radical (unpaired) electrons. The van der Waals surface area contributed by atoms with E-state index in [9.17, 15) is 4.79 Å². The Kier molecular flexibility index (Phi) is 3.26. The third-order valence-corrected chi connectivity index (χ3v) is 3.71. The van der Waals surface area contributed by atoms with E-state index in [1.54, 1.807) is 18.2 Å². The zero-order chi connectivity index (χ0) is 13.4. The molecule has 0 aliphatic rings. The predicted molar refractivity (Wildman–Crippen MR) is 72.4 cm³/mol. The normalized spacial score (nSPS) is 10.7. The minimum absolute atomic E-state index is 0.254. The standard InChI is InChI=1S/C13H13BrN2O2/c1-7-8(2)15-16(9(7)3)12-5-4-10(13(17)18)6-11(12)14/h4-6H,1-3H3,(H,17,18). The number of hydrogen-bond acceptors (Lipinski definition) is 2. The molecular formula is C13H13BrN2O2. The zero-order valence-electron chi connectivity index (χ0n) is 10.4. The molecule has 1 aromatic carbocycles. The van der Waals surface area contributed by atoms with Crippen LogP contribution in [0.5, 0.6) is 0 Å². The van der Waals surface area contributed by atoms with E-state index in [1.165, 1.54) is 0 Å². The van der Waals surface area contributed by atoms with E-state index in [2.05, 4.69) is 21.0 Å². The van der Waals surface area contributed by atoms with Crippen molar-refractivity contribution in [3.05, 3.63) is 45.2 Å². The van der Waals surface area contributed by atoms with Gasteiger partial charge in [-0.1, -0.05) is 0 Å². The highest BCUT2D eigenvalue weighted by molar-refractivity contribution is 9.10. The maximum absolute atomic E-state index is 10.9. The third kappa shape index (κ3) is 2.06. The highest BCUT2D eigenvalue weighted by atomic mass is 79.9. The lowest BCUT2D eigenvalue weighted by Gasteiger charge is -2.08. The van der Waals surface area contributed by atoms with Crippen LogP contribution in [0.2, 0.25) is 0 Å². The summed E-state index contributed by atoms with van der Waals surface area (Å²) < 4.78 is 2.54. The summed E-state index contributed by atoms with van der Waals surface area (Å²) in [6.45, 7) is 5.97. The van der Waals surface area contributed by atoms with Gasteiger partial charge in [0.05, 0.1) is 16.9 Å². The van der Waals surface area contributed by atoms with Crippen molar-refractivity contribution in [1.29, 1.82) is 0 Å². The van der Waals surface area contributed by atoms with Crippen molar-refractivity contribution in [3.63, 3.8) is 0 Å². The van der Waals surface area contributed by atoms with E-state index in [1.807, 2.05) is 25.5 Å². The van der Waals surface area contributed by atoms with E-state index in [0.29, 0.717) is 4.47 Å². The van der Waals surface area contributed by atoms with Gasteiger partial charge in [0, 0.05) is 10.2 Å². The van der Waals surface area contributed by atoms with Crippen LogP contribution in [0.25, 0.3) is 5.69 Å². The molecule has 4 nitrogen and oxygen atoms in total. The molecule has 1 aromatic heterocycles. The number of aromatic nitrogens is 2. The average Bonchev–Trinajstić information content (AvgIpc) is 2.57. The molecule has 0 fully saturated rings. The van der Waals surface area contributed by atoms with E-state index in [4.69, 9.17) is 5.11 Å². The lowest BCUT2D eigenvalue weighted by molar-refractivity contribution is 0.0697. The molecule has 18 heavy (non-hydrogen) atoms. The highest BCUT2D eigenvalue weighted by Gasteiger charge is 2.13. The Hall–Kier alpha value is -1.62. The van der Waals surface area contributed by atoms with Crippen molar-refractivity contribution in [2.24, 2.45) is 0 Å². The van der Waals surface area contributed by atoms with Crippen LogP contribution < -0.4 is 0 Å². The van der Waals surface area contributed by atoms with E-state index >= 15 is 0 Å². The summed E-state index contributed by atoms with van der Waals surface area (Å²) in [6, 6.07) is 4.92. The molecule has 0 saturated carbocycles. The fourth-order valence-electron chi connectivity index (χ4n) is 1.77. The molecule has 0 saturated heterocycles. The van der Waals surface area contributed by atoms with Crippen molar-refractivity contribution < 1.29 is 9.90 Å². The number of nitrogens with zero attached hydrogens (tertiary/aromatic N) is 2. The summed E-state index contributed by atoms with van der Waals surface area (Å²) in [5.74, 6) is -0.938. The van der Waals surface area contributed by atoms with Gasteiger partial charge in [0.1, 0.15) is 0 Å². The molecule has 0 spiro atoms. The van der Waals surface area contributed by atoms with Gasteiger partial charge >= 0.3 is 5.97 Å². The molecule has 1 heterocycles. The number of carbonyl (C=O) groups is 1. The average molecular weight is 309 g/mol. The Bertz CT molecular complexity index is 632. The zero-order valence-corrected chi connectivity index (χ0v) is 11.9. The Balaban J connectivity index is 2.58. The third-order valence-electron chi connectivity index (χ3n) is 3.08. The predicted octanol–water partition coefficient (Wildman–Crippen LogP) is 3.26. The largest absolute Gasteiger partial charge is 0.478 e. The number of halogens is 1. The lowest BCUT2D eigenvalue weighted by atomic mass is 10.2. The Morgan fingerprint density at radius 3 is 2.44 bits per heavy atom. The number of benzene rings is 1. The molecule has 0 aliphatic heterocycles. The molecule has 0 atom stereocenters. The van der Waals surface area contributed by atoms with Crippen LogP contribution in [0.4, 0.5) is 0 Å². The maximum atomic E-state index is 10.9. The summed E-state index contributed by atoms with van der Waals surface area (Å²) in [5.41, 5.74) is 4.26. The van der Waals surface area contributed by atoms with Crippen LogP contribution >= 0.6 is 15.9 Å². The van der Waals surface area contributed by atoms with Gasteiger partial charge in [-0.2, -0.15) is 5.10 Å². The van der Waals surface area contributed by atoms with Crippen LogP contribution in [-0.4, -0.2) is 20.9 Å². The fourth-order valence-corrected chi connectivity index (χ4v) is 2.31. The fraction of sp³-hybridized carbons (Fsp3) is 0.231. The number of rotatable bonds is 2. The Morgan fingerprint density at radius 1 is 1.33 bits per heavy atom. The van der Waals surface area contributed by atoms with Gasteiger partial charge in [-0.05, 0) is 60.5 Å². The minimum Gasteiger partial charge on any atom is -0.478 e. The van der Waals surface area contributed by atoms with Crippen LogP contribution in [0.3, 0.4) is 0 Å². The van der Waals surface area contributed by atoms with Crippen molar-refractivity contribution >= 4 is 21.9 Å². The molecule has 0 aliphatic carbocycles. The summed E-state index contributed by atoms with van der Waals surface area (Å²) in [4.78, 5) is 10.9. The van der Waals surface area contributed by atoms with Gasteiger partial charge in [-0.15, -0.1) is 0 Å². The summed E-state index contributed by atoms with van der Waals surface area (Å²) >= 11 is 3.40. The maximum Gasteiger partial charge on any atom is 0.335 e. The Morgan fingerprint density at radius 2 is 2.00 bits per heavy atom. The van der Waals surface area contributed by atoms with Gasteiger partial charge in [-0.3, -0.25) is 0 Å².